The molecule has 40 heavy (non-hydrogen) atoms. The van der Waals surface area contributed by atoms with Crippen molar-refractivity contribution < 1.29 is 29.3 Å². The lowest BCUT2D eigenvalue weighted by Crippen LogP contribution is -2.25. The van der Waals surface area contributed by atoms with Crippen molar-refractivity contribution in [2.75, 3.05) is 35.9 Å². The standard InChI is InChI=1S/C28H24Br2N2O6S2/c1-37-17-7-11-25(21(29)13-17)39-31(15-27(33)34)23-9-10-24(20-6-4-3-5-19(20)23)32(16-28(35)36)40-26-12-8-18(38-2)14-22(26)30/h3-14H,15-16H2,1-2H3,(H,33,34)(H,35,36). The SMILES string of the molecule is COc1ccc(SN(CC(=O)O)c2ccc(N(CC(=O)O)Sc3ccc(OC)cc3Br)c3ccccc23)c(Br)c1. The average molecular weight is 708 g/mol. The smallest absolute Gasteiger partial charge is 0.324 e. The third kappa shape index (κ3) is 7.17. The third-order valence-corrected chi connectivity index (χ3v) is 9.70. The zero-order chi connectivity index (χ0) is 28.8. The Kier molecular flexibility index (Phi) is 10.1. The number of halogens is 2. The molecular weight excluding hydrogens is 684 g/mol. The summed E-state index contributed by atoms with van der Waals surface area (Å²) in [5.74, 6) is -0.624. The van der Waals surface area contributed by atoms with Crippen LogP contribution in [0.1, 0.15) is 0 Å². The van der Waals surface area contributed by atoms with Crippen molar-refractivity contribution in [2.45, 2.75) is 9.79 Å². The maximum atomic E-state index is 11.9. The summed E-state index contributed by atoms with van der Waals surface area (Å²) in [6, 6.07) is 22.2. The third-order valence-electron chi connectivity index (χ3n) is 5.67. The van der Waals surface area contributed by atoms with Crippen LogP contribution in [-0.2, 0) is 9.59 Å². The van der Waals surface area contributed by atoms with Gasteiger partial charge in [0.2, 0.25) is 0 Å². The van der Waals surface area contributed by atoms with E-state index in [1.807, 2.05) is 72.8 Å². The zero-order valence-corrected chi connectivity index (χ0v) is 26.1. The molecular formula is C28H24Br2N2O6S2. The molecule has 0 aliphatic carbocycles. The molecule has 0 atom stereocenters. The molecule has 0 aliphatic heterocycles. The van der Waals surface area contributed by atoms with E-state index in [2.05, 4.69) is 31.9 Å². The molecule has 4 rings (SSSR count). The van der Waals surface area contributed by atoms with Gasteiger partial charge in [0.25, 0.3) is 0 Å². The lowest BCUT2D eigenvalue weighted by atomic mass is 10.1. The summed E-state index contributed by atoms with van der Waals surface area (Å²) in [5.41, 5.74) is 1.36. The number of benzene rings is 4. The van der Waals surface area contributed by atoms with E-state index < -0.39 is 11.9 Å². The number of fused-ring (bicyclic) bond motifs is 1. The van der Waals surface area contributed by atoms with Crippen molar-refractivity contribution in [3.05, 3.63) is 81.7 Å². The maximum Gasteiger partial charge on any atom is 0.324 e. The van der Waals surface area contributed by atoms with Crippen LogP contribution in [0.3, 0.4) is 0 Å². The van der Waals surface area contributed by atoms with Gasteiger partial charge in [0.05, 0.1) is 25.6 Å². The Hall–Kier alpha value is -3.06. The maximum absolute atomic E-state index is 11.9. The highest BCUT2D eigenvalue weighted by Crippen LogP contribution is 2.43. The van der Waals surface area contributed by atoms with Crippen molar-refractivity contribution in [1.29, 1.82) is 0 Å². The average Bonchev–Trinajstić information content (AvgIpc) is 2.93. The molecule has 0 spiro atoms. The van der Waals surface area contributed by atoms with E-state index in [4.69, 9.17) is 9.47 Å². The summed E-state index contributed by atoms with van der Waals surface area (Å²) < 4.78 is 15.5. The predicted octanol–water partition coefficient (Wildman–Crippen LogP) is 7.58. The second-order valence-electron chi connectivity index (χ2n) is 8.29. The first-order valence-electron chi connectivity index (χ1n) is 11.7. The second-order valence-corrected chi connectivity index (χ2v) is 12.1. The molecule has 0 heterocycles. The van der Waals surface area contributed by atoms with E-state index in [0.717, 1.165) is 29.5 Å². The van der Waals surface area contributed by atoms with E-state index in [1.54, 1.807) is 22.8 Å². The van der Waals surface area contributed by atoms with Gasteiger partial charge in [-0.25, -0.2) is 0 Å². The topological polar surface area (TPSA) is 99.5 Å². The highest BCUT2D eigenvalue weighted by Gasteiger charge is 2.22. The molecule has 0 radical (unpaired) electrons. The van der Waals surface area contributed by atoms with Gasteiger partial charge in [-0.1, -0.05) is 24.3 Å². The summed E-state index contributed by atoms with van der Waals surface area (Å²) >= 11 is 9.67. The highest BCUT2D eigenvalue weighted by molar-refractivity contribution is 9.10. The second kappa shape index (κ2) is 13.5. The fraction of sp³-hybridized carbons (Fsp3) is 0.143. The van der Waals surface area contributed by atoms with Crippen LogP contribution in [0.25, 0.3) is 10.8 Å². The quantitative estimate of drug-likeness (QED) is 0.143. The summed E-state index contributed by atoms with van der Waals surface area (Å²) in [6.07, 6.45) is 0. The van der Waals surface area contributed by atoms with Crippen molar-refractivity contribution in [3.8, 4) is 11.5 Å². The van der Waals surface area contributed by atoms with Gasteiger partial charge in [-0.15, -0.1) is 0 Å². The number of methoxy groups -OCH3 is 2. The minimum Gasteiger partial charge on any atom is -0.497 e. The molecule has 8 nitrogen and oxygen atoms in total. The van der Waals surface area contributed by atoms with E-state index in [1.165, 1.54) is 23.9 Å². The molecule has 0 fully saturated rings. The highest BCUT2D eigenvalue weighted by atomic mass is 79.9. The van der Waals surface area contributed by atoms with Gasteiger partial charge in [-0.2, -0.15) is 0 Å². The van der Waals surface area contributed by atoms with Crippen molar-refractivity contribution >= 4 is 89.8 Å². The number of carboxylic acid groups (broad SMARTS) is 2. The zero-order valence-electron chi connectivity index (χ0n) is 21.3. The Morgan fingerprint density at radius 1 is 0.700 bits per heavy atom. The normalized spacial score (nSPS) is 10.8. The van der Waals surface area contributed by atoms with E-state index in [0.29, 0.717) is 22.9 Å². The number of hydrogen-bond acceptors (Lipinski definition) is 8. The van der Waals surface area contributed by atoms with Crippen molar-refractivity contribution in [3.63, 3.8) is 0 Å². The Bertz CT molecular complexity index is 1440. The molecule has 0 saturated heterocycles. The molecule has 208 valence electrons. The minimum absolute atomic E-state index is 0.265. The number of aliphatic carboxylic acids is 2. The van der Waals surface area contributed by atoms with Gasteiger partial charge in [0.15, 0.2) is 0 Å². The molecule has 0 aliphatic rings. The first-order chi connectivity index (χ1) is 19.2. The fourth-order valence-corrected chi connectivity index (χ4v) is 6.92. The summed E-state index contributed by atoms with van der Waals surface area (Å²) in [6.45, 7) is -0.530. The van der Waals surface area contributed by atoms with Gasteiger partial charge < -0.3 is 28.3 Å². The van der Waals surface area contributed by atoms with Crippen LogP contribution in [0.4, 0.5) is 11.4 Å². The molecule has 0 bridgehead atoms. The summed E-state index contributed by atoms with van der Waals surface area (Å²) in [7, 11) is 3.16. The first-order valence-corrected chi connectivity index (χ1v) is 14.9. The van der Waals surface area contributed by atoms with Crippen LogP contribution < -0.4 is 18.1 Å². The molecule has 12 heteroatoms. The lowest BCUT2D eigenvalue weighted by Gasteiger charge is -2.27. The number of hydrogen-bond donors (Lipinski definition) is 2. The van der Waals surface area contributed by atoms with Gasteiger partial charge in [-0.05, 0) is 104 Å². The Morgan fingerprint density at radius 2 is 1.10 bits per heavy atom. The van der Waals surface area contributed by atoms with Crippen LogP contribution in [-0.4, -0.2) is 49.5 Å². The largest absolute Gasteiger partial charge is 0.497 e. The number of ether oxygens (including phenoxy) is 2. The molecule has 4 aromatic carbocycles. The van der Waals surface area contributed by atoms with Crippen LogP contribution in [0.5, 0.6) is 11.5 Å². The summed E-state index contributed by atoms with van der Waals surface area (Å²) in [5, 5.41) is 21.0. The van der Waals surface area contributed by atoms with Crippen LogP contribution >= 0.6 is 55.8 Å². The van der Waals surface area contributed by atoms with Gasteiger partial charge in [-0.3, -0.25) is 9.59 Å². The van der Waals surface area contributed by atoms with E-state index in [9.17, 15) is 19.8 Å². The monoisotopic (exact) mass is 706 g/mol. The number of nitrogens with zero attached hydrogens (tertiary/aromatic N) is 2. The number of carbonyl (C=O) groups is 2. The minimum atomic E-state index is -0.988. The van der Waals surface area contributed by atoms with E-state index >= 15 is 0 Å². The Balaban J connectivity index is 1.78. The van der Waals surface area contributed by atoms with Gasteiger partial charge in [0, 0.05) is 29.5 Å². The van der Waals surface area contributed by atoms with Crippen molar-refractivity contribution in [2.24, 2.45) is 0 Å². The Morgan fingerprint density at radius 3 is 1.43 bits per heavy atom. The number of rotatable bonds is 12. The predicted molar refractivity (Wildman–Crippen MR) is 167 cm³/mol. The molecule has 0 amide bonds. The van der Waals surface area contributed by atoms with Crippen LogP contribution in [0.15, 0.2) is 91.5 Å². The first kappa shape index (κ1) is 29.9. The summed E-state index contributed by atoms with van der Waals surface area (Å²) in [4.78, 5) is 25.4. The molecule has 2 N–H and O–H groups in total. The van der Waals surface area contributed by atoms with Gasteiger partial charge >= 0.3 is 11.9 Å². The molecule has 0 saturated carbocycles. The molecule has 0 unspecified atom stereocenters. The van der Waals surface area contributed by atoms with Crippen LogP contribution in [0.2, 0.25) is 0 Å². The van der Waals surface area contributed by atoms with E-state index in [-0.39, 0.29) is 13.1 Å². The molecule has 0 aromatic heterocycles. The number of carboxylic acids is 2. The molecule has 4 aromatic rings. The van der Waals surface area contributed by atoms with Crippen molar-refractivity contribution in [1.82, 2.24) is 0 Å². The lowest BCUT2D eigenvalue weighted by molar-refractivity contribution is -0.136. The van der Waals surface area contributed by atoms with Crippen LogP contribution in [0, 0.1) is 0 Å². The number of anilines is 2. The fourth-order valence-electron chi connectivity index (χ4n) is 3.88. The van der Waals surface area contributed by atoms with Gasteiger partial charge in [0.1, 0.15) is 24.6 Å². The Labute approximate surface area is 256 Å².